The summed E-state index contributed by atoms with van der Waals surface area (Å²) in [5.74, 6) is 0.406. The fourth-order valence-corrected chi connectivity index (χ4v) is 4.13. The molecule has 1 heterocycles. The highest BCUT2D eigenvalue weighted by molar-refractivity contribution is 5.76. The number of amides is 1. The Morgan fingerprint density at radius 3 is 1.58 bits per heavy atom. The highest BCUT2D eigenvalue weighted by Gasteiger charge is 2.15. The summed E-state index contributed by atoms with van der Waals surface area (Å²) in [4.78, 5) is 14.1. The lowest BCUT2D eigenvalue weighted by Crippen LogP contribution is -2.31. The van der Waals surface area contributed by atoms with Crippen LogP contribution in [0.4, 0.5) is 0 Å². The summed E-state index contributed by atoms with van der Waals surface area (Å²) in [6.45, 7) is 4.31. The van der Waals surface area contributed by atoms with Gasteiger partial charge in [-0.05, 0) is 19.3 Å². The Labute approximate surface area is 164 Å². The summed E-state index contributed by atoms with van der Waals surface area (Å²) in [7, 11) is 0. The van der Waals surface area contributed by atoms with Gasteiger partial charge in [0.15, 0.2) is 0 Å². The lowest BCUT2D eigenvalue weighted by atomic mass is 10.0. The van der Waals surface area contributed by atoms with Crippen molar-refractivity contribution in [2.45, 2.75) is 135 Å². The molecule has 1 rings (SSSR count). The van der Waals surface area contributed by atoms with Gasteiger partial charge in [-0.2, -0.15) is 0 Å². The molecular weight excluding hydrogens is 318 g/mol. The van der Waals surface area contributed by atoms with Crippen LogP contribution < -0.4 is 0 Å². The van der Waals surface area contributed by atoms with E-state index in [4.69, 9.17) is 0 Å². The maximum absolute atomic E-state index is 11.9. The van der Waals surface area contributed by atoms with Crippen molar-refractivity contribution in [3.63, 3.8) is 0 Å². The molecule has 1 amide bonds. The minimum absolute atomic E-state index is 0.406. The topological polar surface area (TPSA) is 20.3 Å². The second kappa shape index (κ2) is 17.9. The Balaban J connectivity index is 1.75. The van der Waals surface area contributed by atoms with E-state index in [0.717, 1.165) is 25.9 Å². The van der Waals surface area contributed by atoms with Crippen LogP contribution in [-0.2, 0) is 4.79 Å². The number of nitrogens with zero attached hydrogens (tertiary/aromatic N) is 1. The van der Waals surface area contributed by atoms with Gasteiger partial charge in [-0.25, -0.2) is 0 Å². The first-order valence-electron chi connectivity index (χ1n) is 12.1. The highest BCUT2D eigenvalue weighted by atomic mass is 16.2. The Hall–Kier alpha value is -0.530. The van der Waals surface area contributed by atoms with Crippen molar-refractivity contribution in [1.82, 2.24) is 4.90 Å². The van der Waals surface area contributed by atoms with Crippen molar-refractivity contribution in [2.24, 2.45) is 0 Å². The van der Waals surface area contributed by atoms with Crippen molar-refractivity contribution >= 4 is 5.91 Å². The van der Waals surface area contributed by atoms with Crippen LogP contribution in [-0.4, -0.2) is 23.9 Å². The summed E-state index contributed by atoms with van der Waals surface area (Å²) in [5.41, 5.74) is 0. The summed E-state index contributed by atoms with van der Waals surface area (Å²) < 4.78 is 0. The summed E-state index contributed by atoms with van der Waals surface area (Å²) >= 11 is 0. The standard InChI is InChI=1S/C24H47NO/c1-2-3-4-5-6-7-8-9-10-11-12-13-14-15-16-19-22-25-23-20-17-18-21-24(25)26/h2-23H2,1H3. The van der Waals surface area contributed by atoms with Crippen molar-refractivity contribution in [2.75, 3.05) is 13.1 Å². The molecular formula is C24H47NO. The number of unbranched alkanes of at least 4 members (excludes halogenated alkanes) is 15. The second-order valence-corrected chi connectivity index (χ2v) is 8.49. The molecule has 1 saturated heterocycles. The highest BCUT2D eigenvalue weighted by Crippen LogP contribution is 2.15. The monoisotopic (exact) mass is 365 g/mol. The Morgan fingerprint density at radius 2 is 1.08 bits per heavy atom. The predicted octanol–water partition coefficient (Wildman–Crippen LogP) is 7.65. The Morgan fingerprint density at radius 1 is 0.615 bits per heavy atom. The zero-order valence-electron chi connectivity index (χ0n) is 17.9. The molecule has 1 fully saturated rings. The number of carbonyl (C=O) groups excluding carboxylic acids is 1. The van der Waals surface area contributed by atoms with Crippen LogP contribution in [0.1, 0.15) is 135 Å². The van der Waals surface area contributed by atoms with E-state index < -0.39 is 0 Å². The normalized spacial score (nSPS) is 15.4. The molecule has 2 heteroatoms. The molecule has 0 aliphatic carbocycles. The molecule has 26 heavy (non-hydrogen) atoms. The van der Waals surface area contributed by atoms with Crippen molar-refractivity contribution in [3.8, 4) is 0 Å². The average molecular weight is 366 g/mol. The second-order valence-electron chi connectivity index (χ2n) is 8.49. The van der Waals surface area contributed by atoms with Gasteiger partial charge in [-0.15, -0.1) is 0 Å². The number of rotatable bonds is 17. The lowest BCUT2D eigenvalue weighted by molar-refractivity contribution is -0.130. The minimum atomic E-state index is 0.406. The molecule has 1 aliphatic heterocycles. The molecule has 0 N–H and O–H groups in total. The zero-order chi connectivity index (χ0) is 18.7. The third kappa shape index (κ3) is 13.6. The van der Waals surface area contributed by atoms with Crippen LogP contribution in [0.25, 0.3) is 0 Å². The Bertz CT molecular complexity index is 315. The van der Waals surface area contributed by atoms with E-state index in [2.05, 4.69) is 11.8 Å². The van der Waals surface area contributed by atoms with Gasteiger partial charge < -0.3 is 4.90 Å². The van der Waals surface area contributed by atoms with Crippen LogP contribution in [0.2, 0.25) is 0 Å². The molecule has 0 unspecified atom stereocenters. The van der Waals surface area contributed by atoms with Gasteiger partial charge in [0.2, 0.25) is 5.91 Å². The van der Waals surface area contributed by atoms with Gasteiger partial charge in [-0.3, -0.25) is 4.79 Å². The fraction of sp³-hybridized carbons (Fsp3) is 0.958. The van der Waals surface area contributed by atoms with Crippen molar-refractivity contribution in [1.29, 1.82) is 0 Å². The van der Waals surface area contributed by atoms with Crippen LogP contribution in [0, 0.1) is 0 Å². The molecule has 1 aliphatic rings. The summed E-state index contributed by atoms with van der Waals surface area (Å²) in [6, 6.07) is 0. The summed E-state index contributed by atoms with van der Waals surface area (Å²) in [6.07, 6.45) is 26.9. The zero-order valence-corrected chi connectivity index (χ0v) is 17.9. The first-order valence-corrected chi connectivity index (χ1v) is 12.1. The van der Waals surface area contributed by atoms with Gasteiger partial charge in [0.25, 0.3) is 0 Å². The number of hydrogen-bond donors (Lipinski definition) is 0. The smallest absolute Gasteiger partial charge is 0.222 e. The van der Waals surface area contributed by atoms with Crippen LogP contribution >= 0.6 is 0 Å². The van der Waals surface area contributed by atoms with E-state index in [9.17, 15) is 4.79 Å². The van der Waals surface area contributed by atoms with E-state index in [1.807, 2.05) is 0 Å². The third-order valence-corrected chi connectivity index (χ3v) is 5.95. The molecule has 154 valence electrons. The van der Waals surface area contributed by atoms with Crippen molar-refractivity contribution in [3.05, 3.63) is 0 Å². The van der Waals surface area contributed by atoms with E-state index in [1.165, 1.54) is 116 Å². The van der Waals surface area contributed by atoms with Gasteiger partial charge in [0, 0.05) is 19.5 Å². The van der Waals surface area contributed by atoms with Crippen LogP contribution in [0.15, 0.2) is 0 Å². The van der Waals surface area contributed by atoms with E-state index in [0.29, 0.717) is 5.91 Å². The SMILES string of the molecule is CCCCCCCCCCCCCCCCCCN1CCCCCC1=O. The first-order chi connectivity index (χ1) is 12.8. The molecule has 0 aromatic carbocycles. The van der Waals surface area contributed by atoms with Gasteiger partial charge in [-0.1, -0.05) is 110 Å². The number of hydrogen-bond acceptors (Lipinski definition) is 1. The van der Waals surface area contributed by atoms with Gasteiger partial charge in [0.1, 0.15) is 0 Å². The Kier molecular flexibility index (Phi) is 16.2. The molecule has 0 radical (unpaired) electrons. The van der Waals surface area contributed by atoms with Crippen LogP contribution in [0.3, 0.4) is 0 Å². The number of carbonyl (C=O) groups is 1. The van der Waals surface area contributed by atoms with E-state index >= 15 is 0 Å². The molecule has 2 nitrogen and oxygen atoms in total. The summed E-state index contributed by atoms with van der Waals surface area (Å²) in [5, 5.41) is 0. The molecule has 0 atom stereocenters. The third-order valence-electron chi connectivity index (χ3n) is 5.95. The van der Waals surface area contributed by atoms with E-state index in [-0.39, 0.29) is 0 Å². The van der Waals surface area contributed by atoms with Gasteiger partial charge >= 0.3 is 0 Å². The largest absolute Gasteiger partial charge is 0.343 e. The van der Waals surface area contributed by atoms with Gasteiger partial charge in [0.05, 0.1) is 0 Å². The maximum Gasteiger partial charge on any atom is 0.222 e. The maximum atomic E-state index is 11.9. The first kappa shape index (κ1) is 23.5. The lowest BCUT2D eigenvalue weighted by Gasteiger charge is -2.20. The molecule has 0 aromatic heterocycles. The van der Waals surface area contributed by atoms with E-state index in [1.54, 1.807) is 0 Å². The number of likely N-dealkylation sites (tertiary alicyclic amines) is 1. The predicted molar refractivity (Wildman–Crippen MR) is 115 cm³/mol. The minimum Gasteiger partial charge on any atom is -0.343 e. The van der Waals surface area contributed by atoms with Crippen LogP contribution in [0.5, 0.6) is 0 Å². The molecule has 0 bridgehead atoms. The quantitative estimate of drug-likeness (QED) is 0.242. The fourth-order valence-electron chi connectivity index (χ4n) is 4.13. The molecule has 0 saturated carbocycles. The van der Waals surface area contributed by atoms with Crippen molar-refractivity contribution < 1.29 is 4.79 Å². The molecule has 0 spiro atoms. The molecule has 0 aromatic rings. The average Bonchev–Trinajstić information content (AvgIpc) is 2.85.